The summed E-state index contributed by atoms with van der Waals surface area (Å²) in [6.45, 7) is 2.51. The Balaban J connectivity index is 1.13. The van der Waals surface area contributed by atoms with E-state index in [1.807, 2.05) is 18.2 Å². The second kappa shape index (κ2) is 15.6. The first-order valence-electron chi connectivity index (χ1n) is 15.7. The van der Waals surface area contributed by atoms with Crippen LogP contribution < -0.4 is 16.2 Å². The van der Waals surface area contributed by atoms with Gasteiger partial charge in [0, 0.05) is 23.9 Å². The molecule has 0 heterocycles. The molecule has 222 valence electrons. The number of rotatable bonds is 12. The summed E-state index contributed by atoms with van der Waals surface area (Å²) < 4.78 is 11.0. The second-order valence-corrected chi connectivity index (χ2v) is 12.1. The molecule has 6 nitrogen and oxygen atoms in total. The van der Waals surface area contributed by atoms with Crippen molar-refractivity contribution in [3.05, 3.63) is 59.7 Å². The highest BCUT2D eigenvalue weighted by molar-refractivity contribution is 5.87. The third-order valence-corrected chi connectivity index (χ3v) is 9.18. The lowest BCUT2D eigenvalue weighted by Crippen LogP contribution is -2.30. The summed E-state index contributed by atoms with van der Waals surface area (Å²) in [5.41, 5.74) is 14.6. The Hall–Kier alpha value is -3.28. The van der Waals surface area contributed by atoms with Crippen LogP contribution in [0.2, 0.25) is 0 Å². The molecule has 0 spiro atoms. The maximum atomic E-state index is 12.8. The van der Waals surface area contributed by atoms with Gasteiger partial charge in [-0.25, -0.2) is 4.79 Å². The average molecular weight is 561 g/mol. The van der Waals surface area contributed by atoms with Crippen LogP contribution >= 0.6 is 0 Å². The minimum atomic E-state index is -0.426. The maximum absolute atomic E-state index is 12.8. The van der Waals surface area contributed by atoms with Crippen molar-refractivity contribution in [1.82, 2.24) is 0 Å². The Morgan fingerprint density at radius 2 is 1.56 bits per heavy atom. The molecular weight excluding hydrogens is 512 g/mol. The number of unbranched alkanes of at least 4 members (excludes halogenated alkanes) is 2. The molecule has 2 aromatic carbocycles. The molecule has 0 radical (unpaired) electrons. The molecule has 0 aliphatic heterocycles. The van der Waals surface area contributed by atoms with Crippen LogP contribution in [0.5, 0.6) is 5.75 Å². The van der Waals surface area contributed by atoms with Crippen molar-refractivity contribution >= 4 is 29.4 Å². The molecule has 2 aliphatic rings. The van der Waals surface area contributed by atoms with Crippen molar-refractivity contribution in [3.8, 4) is 5.75 Å². The highest BCUT2D eigenvalue weighted by Crippen LogP contribution is 2.42. The number of carbonyl (C=O) groups is 2. The van der Waals surface area contributed by atoms with E-state index in [0.29, 0.717) is 23.5 Å². The van der Waals surface area contributed by atoms with Gasteiger partial charge in [-0.15, -0.1) is 0 Å². The molecule has 2 fully saturated rings. The molecular formula is C35H48N2O4. The van der Waals surface area contributed by atoms with E-state index in [4.69, 9.17) is 20.9 Å². The van der Waals surface area contributed by atoms with Crippen LogP contribution in [0.1, 0.15) is 95.1 Å². The molecule has 0 amide bonds. The van der Waals surface area contributed by atoms with Crippen LogP contribution in [0.25, 0.3) is 6.08 Å². The lowest BCUT2D eigenvalue weighted by atomic mass is 9.68. The van der Waals surface area contributed by atoms with E-state index < -0.39 is 5.97 Å². The van der Waals surface area contributed by atoms with Gasteiger partial charge in [0.05, 0.1) is 12.5 Å². The first-order valence-corrected chi connectivity index (χ1v) is 15.7. The Bertz CT molecular complexity index is 1140. The Morgan fingerprint density at radius 3 is 2.22 bits per heavy atom. The molecule has 6 heteroatoms. The van der Waals surface area contributed by atoms with Crippen molar-refractivity contribution in [2.24, 2.45) is 23.7 Å². The first-order chi connectivity index (χ1) is 19.9. The fourth-order valence-electron chi connectivity index (χ4n) is 6.62. The van der Waals surface area contributed by atoms with Gasteiger partial charge in [-0.05, 0) is 97.7 Å². The van der Waals surface area contributed by atoms with Gasteiger partial charge in [-0.1, -0.05) is 63.6 Å². The van der Waals surface area contributed by atoms with Gasteiger partial charge in [0.2, 0.25) is 0 Å². The number of nitrogen functional groups attached to an aromatic ring is 2. The predicted octanol–water partition coefficient (Wildman–Crippen LogP) is 7.75. The van der Waals surface area contributed by atoms with Crippen molar-refractivity contribution < 1.29 is 19.1 Å². The Kier molecular flexibility index (Phi) is 11.7. The summed E-state index contributed by atoms with van der Waals surface area (Å²) in [6.07, 6.45) is 18.9. The van der Waals surface area contributed by atoms with Gasteiger partial charge in [0.15, 0.2) is 0 Å². The molecule has 0 atom stereocenters. The zero-order valence-electron chi connectivity index (χ0n) is 24.7. The summed E-state index contributed by atoms with van der Waals surface area (Å²) in [5.74, 6) is 2.58. The lowest BCUT2D eigenvalue weighted by Gasteiger charge is -2.37. The van der Waals surface area contributed by atoms with Gasteiger partial charge in [0.1, 0.15) is 5.75 Å². The third-order valence-electron chi connectivity index (χ3n) is 9.18. The third kappa shape index (κ3) is 9.65. The predicted molar refractivity (Wildman–Crippen MR) is 166 cm³/mol. The topological polar surface area (TPSA) is 105 Å². The molecule has 2 saturated carbocycles. The number of ether oxygens (including phenoxy) is 2. The highest BCUT2D eigenvalue weighted by atomic mass is 16.5. The highest BCUT2D eigenvalue weighted by Gasteiger charge is 2.33. The molecule has 4 rings (SSSR count). The van der Waals surface area contributed by atoms with Crippen LogP contribution in [-0.4, -0.2) is 18.5 Å². The molecule has 0 bridgehead atoms. The van der Waals surface area contributed by atoms with Crippen LogP contribution in [0.4, 0.5) is 11.4 Å². The van der Waals surface area contributed by atoms with Gasteiger partial charge < -0.3 is 20.9 Å². The van der Waals surface area contributed by atoms with E-state index in [1.54, 1.807) is 30.3 Å². The smallest absolute Gasteiger partial charge is 0.330 e. The fourth-order valence-corrected chi connectivity index (χ4v) is 6.62. The summed E-state index contributed by atoms with van der Waals surface area (Å²) >= 11 is 0. The van der Waals surface area contributed by atoms with Gasteiger partial charge >= 0.3 is 11.9 Å². The fraction of sp³-hybridized carbons (Fsp3) is 0.543. The molecule has 4 N–H and O–H groups in total. The van der Waals surface area contributed by atoms with E-state index in [2.05, 4.69) is 6.92 Å². The van der Waals surface area contributed by atoms with Gasteiger partial charge in [0.25, 0.3) is 0 Å². The Labute approximate surface area is 245 Å². The zero-order valence-corrected chi connectivity index (χ0v) is 24.7. The minimum Gasteiger partial charge on any atom is -0.462 e. The minimum absolute atomic E-state index is 0.00503. The molecule has 0 saturated heterocycles. The van der Waals surface area contributed by atoms with Gasteiger partial charge in [-0.3, -0.25) is 4.79 Å². The standard InChI is InChI=1S/C35H48N2O4/c1-2-3-4-5-25-6-11-27(12-7-25)28-13-15-30(16-14-28)35(39)41-32-19-8-26(9-20-32)10-21-34(38)40-23-22-29-17-18-31(36)24-33(29)37/h8-10,17-21,24-25,27-28,30H,2-7,11-16,22-23,36-37H2,1H3/b21-10+. The van der Waals surface area contributed by atoms with Crippen molar-refractivity contribution in [3.63, 3.8) is 0 Å². The van der Waals surface area contributed by atoms with Crippen molar-refractivity contribution in [2.45, 2.75) is 90.4 Å². The van der Waals surface area contributed by atoms with Crippen molar-refractivity contribution in [1.29, 1.82) is 0 Å². The maximum Gasteiger partial charge on any atom is 0.330 e. The number of anilines is 2. The molecule has 0 aromatic heterocycles. The molecule has 2 aromatic rings. The number of hydrogen-bond acceptors (Lipinski definition) is 6. The molecule has 41 heavy (non-hydrogen) atoms. The Morgan fingerprint density at radius 1 is 0.878 bits per heavy atom. The summed E-state index contributed by atoms with van der Waals surface area (Å²) in [7, 11) is 0. The second-order valence-electron chi connectivity index (χ2n) is 12.1. The van der Waals surface area contributed by atoms with Crippen LogP contribution in [0.3, 0.4) is 0 Å². The number of benzene rings is 2. The summed E-state index contributed by atoms with van der Waals surface area (Å²) in [4.78, 5) is 24.9. The number of esters is 2. The largest absolute Gasteiger partial charge is 0.462 e. The normalized spacial score (nSPS) is 22.9. The van der Waals surface area contributed by atoms with Crippen LogP contribution in [0, 0.1) is 23.7 Å². The van der Waals surface area contributed by atoms with E-state index in [1.165, 1.54) is 57.4 Å². The first kappa shape index (κ1) is 30.7. The van der Waals surface area contributed by atoms with E-state index >= 15 is 0 Å². The van der Waals surface area contributed by atoms with Crippen molar-refractivity contribution in [2.75, 3.05) is 18.1 Å². The number of hydrogen-bond donors (Lipinski definition) is 2. The van der Waals surface area contributed by atoms with E-state index in [9.17, 15) is 9.59 Å². The van der Waals surface area contributed by atoms with Crippen LogP contribution in [0.15, 0.2) is 48.5 Å². The quantitative estimate of drug-likeness (QED) is 0.0904. The van der Waals surface area contributed by atoms with Crippen LogP contribution in [-0.2, 0) is 20.7 Å². The number of nitrogens with two attached hydrogens (primary N) is 2. The molecule has 2 aliphatic carbocycles. The van der Waals surface area contributed by atoms with E-state index in [0.717, 1.165) is 54.6 Å². The average Bonchev–Trinajstić information content (AvgIpc) is 2.98. The summed E-state index contributed by atoms with van der Waals surface area (Å²) in [5, 5.41) is 0. The SMILES string of the molecule is CCCCCC1CCC(C2CCC(C(=O)Oc3ccc(/C=C/C(=O)OCCc4ccc(N)cc4N)cc3)CC2)CC1. The summed E-state index contributed by atoms with van der Waals surface area (Å²) in [6, 6.07) is 12.5. The monoisotopic (exact) mass is 560 g/mol. The number of carbonyl (C=O) groups excluding carboxylic acids is 2. The van der Waals surface area contributed by atoms with E-state index in [-0.39, 0.29) is 18.5 Å². The lowest BCUT2D eigenvalue weighted by molar-refractivity contribution is -0.140. The van der Waals surface area contributed by atoms with Gasteiger partial charge in [-0.2, -0.15) is 0 Å². The molecule has 0 unspecified atom stereocenters. The zero-order chi connectivity index (χ0) is 29.0.